The summed E-state index contributed by atoms with van der Waals surface area (Å²) in [4.78, 5) is 12.1. The van der Waals surface area contributed by atoms with E-state index in [2.05, 4.69) is 10.1 Å². The Balaban J connectivity index is 1.60. The van der Waals surface area contributed by atoms with Gasteiger partial charge in [0, 0.05) is 6.08 Å². The van der Waals surface area contributed by atoms with E-state index < -0.39 is 6.36 Å². The predicted molar refractivity (Wildman–Crippen MR) is 103 cm³/mol. The van der Waals surface area contributed by atoms with Gasteiger partial charge >= 0.3 is 6.36 Å². The summed E-state index contributed by atoms with van der Waals surface area (Å²) >= 11 is 0. The summed E-state index contributed by atoms with van der Waals surface area (Å²) in [5.41, 5.74) is 1.57. The Hall–Kier alpha value is -3.28. The highest BCUT2D eigenvalue weighted by molar-refractivity contribution is 5.92. The van der Waals surface area contributed by atoms with Crippen LogP contribution in [0.5, 0.6) is 5.75 Å². The number of hydrogen-bond donors (Lipinski definition) is 1. The van der Waals surface area contributed by atoms with E-state index in [1.54, 1.807) is 0 Å². The second-order valence-corrected chi connectivity index (χ2v) is 6.29. The number of fused-ring (bicyclic) bond motifs is 1. The number of amides is 1. The maximum atomic E-state index is 12.2. The lowest BCUT2D eigenvalue weighted by molar-refractivity contribution is -0.274. The summed E-state index contributed by atoms with van der Waals surface area (Å²) < 4.78 is 40.3. The lowest BCUT2D eigenvalue weighted by Gasteiger charge is -2.14. The zero-order valence-corrected chi connectivity index (χ0v) is 15.0. The first-order chi connectivity index (χ1) is 13.3. The lowest BCUT2D eigenvalue weighted by Crippen LogP contribution is -2.24. The molecule has 0 fully saturated rings. The number of carbonyl (C=O) groups is 1. The second kappa shape index (κ2) is 8.17. The van der Waals surface area contributed by atoms with Crippen LogP contribution in [-0.2, 0) is 4.79 Å². The van der Waals surface area contributed by atoms with Gasteiger partial charge in [-0.3, -0.25) is 4.79 Å². The molecule has 0 aromatic heterocycles. The molecule has 0 saturated carbocycles. The predicted octanol–water partition coefficient (Wildman–Crippen LogP) is 5.63. The smallest absolute Gasteiger partial charge is 0.406 e. The van der Waals surface area contributed by atoms with Crippen LogP contribution in [-0.4, -0.2) is 12.3 Å². The zero-order valence-electron chi connectivity index (χ0n) is 15.0. The van der Waals surface area contributed by atoms with Crippen LogP contribution in [0.25, 0.3) is 16.8 Å². The number of alkyl halides is 3. The van der Waals surface area contributed by atoms with Gasteiger partial charge in [0.05, 0.1) is 6.04 Å². The van der Waals surface area contributed by atoms with Crippen molar-refractivity contribution < 1.29 is 22.7 Å². The maximum Gasteiger partial charge on any atom is 0.573 e. The van der Waals surface area contributed by atoms with Crippen molar-refractivity contribution in [3.63, 3.8) is 0 Å². The fraction of sp³-hybridized carbons (Fsp3) is 0.136. The van der Waals surface area contributed by atoms with Crippen molar-refractivity contribution in [1.82, 2.24) is 5.32 Å². The summed E-state index contributed by atoms with van der Waals surface area (Å²) in [6.45, 7) is 1.89. The Labute approximate surface area is 160 Å². The lowest BCUT2D eigenvalue weighted by atomic mass is 10.0. The number of nitrogens with one attached hydrogen (secondary N) is 1. The molecule has 28 heavy (non-hydrogen) atoms. The van der Waals surface area contributed by atoms with Crippen LogP contribution >= 0.6 is 0 Å². The molecule has 3 aromatic carbocycles. The topological polar surface area (TPSA) is 38.3 Å². The molecular formula is C22H18F3NO2. The summed E-state index contributed by atoms with van der Waals surface area (Å²) in [7, 11) is 0. The molecule has 0 saturated heterocycles. The van der Waals surface area contributed by atoms with Crippen LogP contribution in [0.2, 0.25) is 0 Å². The first-order valence-electron chi connectivity index (χ1n) is 8.63. The quantitative estimate of drug-likeness (QED) is 0.578. The molecule has 1 N–H and O–H groups in total. The third-order valence-corrected chi connectivity index (χ3v) is 4.17. The Kier molecular flexibility index (Phi) is 5.68. The van der Waals surface area contributed by atoms with Crippen molar-refractivity contribution in [2.75, 3.05) is 0 Å². The van der Waals surface area contributed by atoms with Crippen molar-refractivity contribution in [1.29, 1.82) is 0 Å². The van der Waals surface area contributed by atoms with E-state index in [0.717, 1.165) is 16.3 Å². The van der Waals surface area contributed by atoms with Crippen LogP contribution < -0.4 is 10.1 Å². The van der Waals surface area contributed by atoms with E-state index in [4.69, 9.17) is 0 Å². The van der Waals surface area contributed by atoms with Gasteiger partial charge in [-0.1, -0.05) is 48.5 Å². The Morgan fingerprint density at radius 1 is 1.00 bits per heavy atom. The van der Waals surface area contributed by atoms with E-state index in [9.17, 15) is 18.0 Å². The first kappa shape index (κ1) is 19.5. The number of rotatable bonds is 5. The molecule has 0 bridgehead atoms. The number of benzene rings is 3. The molecule has 3 aromatic rings. The molecule has 0 spiro atoms. The van der Waals surface area contributed by atoms with Crippen LogP contribution in [0.4, 0.5) is 13.2 Å². The molecule has 0 unspecified atom stereocenters. The summed E-state index contributed by atoms with van der Waals surface area (Å²) in [6.07, 6.45) is -1.85. The van der Waals surface area contributed by atoms with E-state index in [1.165, 1.54) is 36.4 Å². The molecular weight excluding hydrogens is 367 g/mol. The standard InChI is InChI=1S/C22H18F3NO2/c1-15(18-10-9-17-4-2-3-5-19(17)14-18)26-21(27)13-8-16-6-11-20(12-7-16)28-22(23,24)25/h2-15H,1H3,(H,26,27)/b13-8+/t15-/m0/s1. The van der Waals surface area contributed by atoms with Crippen molar-refractivity contribution in [3.8, 4) is 5.75 Å². The summed E-state index contributed by atoms with van der Waals surface area (Å²) in [6, 6.07) is 19.1. The van der Waals surface area contributed by atoms with Gasteiger partial charge in [-0.25, -0.2) is 0 Å². The average molecular weight is 385 g/mol. The van der Waals surface area contributed by atoms with Gasteiger partial charge in [-0.2, -0.15) is 0 Å². The molecule has 0 aliphatic heterocycles. The average Bonchev–Trinajstić information content (AvgIpc) is 2.66. The minimum absolute atomic E-state index is 0.190. The van der Waals surface area contributed by atoms with Crippen LogP contribution in [0.15, 0.2) is 72.8 Å². The number of carbonyl (C=O) groups excluding carboxylic acids is 1. The third kappa shape index (κ3) is 5.36. The Morgan fingerprint density at radius 3 is 2.36 bits per heavy atom. The Morgan fingerprint density at radius 2 is 1.68 bits per heavy atom. The van der Waals surface area contributed by atoms with E-state index in [0.29, 0.717) is 5.56 Å². The van der Waals surface area contributed by atoms with Gasteiger partial charge in [-0.15, -0.1) is 13.2 Å². The molecule has 1 atom stereocenters. The highest BCUT2D eigenvalue weighted by Crippen LogP contribution is 2.23. The monoisotopic (exact) mass is 385 g/mol. The number of ether oxygens (including phenoxy) is 1. The largest absolute Gasteiger partial charge is 0.573 e. The molecule has 0 heterocycles. The van der Waals surface area contributed by atoms with Crippen molar-refractivity contribution in [3.05, 3.63) is 83.9 Å². The van der Waals surface area contributed by atoms with Crippen molar-refractivity contribution in [2.24, 2.45) is 0 Å². The molecule has 3 nitrogen and oxygen atoms in total. The van der Waals surface area contributed by atoms with E-state index in [1.807, 2.05) is 49.4 Å². The normalized spacial score (nSPS) is 12.9. The fourth-order valence-electron chi connectivity index (χ4n) is 2.77. The van der Waals surface area contributed by atoms with Gasteiger partial charge in [0.25, 0.3) is 0 Å². The van der Waals surface area contributed by atoms with E-state index >= 15 is 0 Å². The first-order valence-corrected chi connectivity index (χ1v) is 8.63. The van der Waals surface area contributed by atoms with Crippen molar-refractivity contribution >= 4 is 22.8 Å². The van der Waals surface area contributed by atoms with Gasteiger partial charge in [-0.05, 0) is 53.1 Å². The van der Waals surface area contributed by atoms with E-state index in [-0.39, 0.29) is 17.7 Å². The second-order valence-electron chi connectivity index (χ2n) is 6.29. The summed E-state index contributed by atoms with van der Waals surface area (Å²) in [5.74, 6) is -0.602. The molecule has 6 heteroatoms. The number of halogens is 3. The molecule has 144 valence electrons. The van der Waals surface area contributed by atoms with Gasteiger partial charge in [0.1, 0.15) is 5.75 Å². The maximum absolute atomic E-state index is 12.2. The van der Waals surface area contributed by atoms with Gasteiger partial charge in [0.2, 0.25) is 5.91 Å². The highest BCUT2D eigenvalue weighted by atomic mass is 19.4. The minimum Gasteiger partial charge on any atom is -0.406 e. The third-order valence-electron chi connectivity index (χ3n) is 4.17. The van der Waals surface area contributed by atoms with Gasteiger partial charge in [0.15, 0.2) is 0 Å². The molecule has 3 rings (SSSR count). The minimum atomic E-state index is -4.73. The molecule has 1 amide bonds. The molecule has 0 aliphatic rings. The van der Waals surface area contributed by atoms with Crippen LogP contribution in [0, 0.1) is 0 Å². The van der Waals surface area contributed by atoms with Crippen LogP contribution in [0.1, 0.15) is 24.1 Å². The molecule has 0 aliphatic carbocycles. The Bertz CT molecular complexity index is 995. The fourth-order valence-corrected chi connectivity index (χ4v) is 2.77. The van der Waals surface area contributed by atoms with Gasteiger partial charge < -0.3 is 10.1 Å². The van der Waals surface area contributed by atoms with Crippen LogP contribution in [0.3, 0.4) is 0 Å². The van der Waals surface area contributed by atoms with Crippen molar-refractivity contribution in [2.45, 2.75) is 19.3 Å². The molecule has 0 radical (unpaired) electrons. The summed E-state index contributed by atoms with van der Waals surface area (Å²) in [5, 5.41) is 5.10. The highest BCUT2D eigenvalue weighted by Gasteiger charge is 2.30. The number of hydrogen-bond acceptors (Lipinski definition) is 2. The zero-order chi connectivity index (χ0) is 20.1. The SMILES string of the molecule is C[C@H](NC(=O)/C=C/c1ccc(OC(F)(F)F)cc1)c1ccc2ccccc2c1.